The molecule has 0 atom stereocenters. The minimum Gasteiger partial charge on any atom is -0.504 e. The van der Waals surface area contributed by atoms with Gasteiger partial charge < -0.3 is 14.4 Å². The summed E-state index contributed by atoms with van der Waals surface area (Å²) in [5, 5.41) is 9.77. The van der Waals surface area contributed by atoms with Crippen LogP contribution in [0.4, 0.5) is 0 Å². The predicted octanol–water partition coefficient (Wildman–Crippen LogP) is 2.39. The van der Waals surface area contributed by atoms with Gasteiger partial charge in [-0.15, -0.1) is 0 Å². The molecule has 2 heterocycles. The molecule has 0 amide bonds. The Hall–Kier alpha value is -2.01. The van der Waals surface area contributed by atoms with Crippen molar-refractivity contribution in [3.63, 3.8) is 0 Å². The van der Waals surface area contributed by atoms with E-state index < -0.39 is 0 Å². The van der Waals surface area contributed by atoms with E-state index in [1.54, 1.807) is 6.07 Å². The first-order valence-corrected chi connectivity index (χ1v) is 7.42. The molecule has 112 valence electrons. The Morgan fingerprint density at radius 3 is 3.10 bits per heavy atom. The van der Waals surface area contributed by atoms with E-state index in [2.05, 4.69) is 14.5 Å². The Labute approximate surface area is 124 Å². The third-order valence-electron chi connectivity index (χ3n) is 3.79. The number of hydrogen-bond donors (Lipinski definition) is 1. The number of ether oxygens (including phenoxy) is 1. The van der Waals surface area contributed by atoms with Gasteiger partial charge in [0.2, 0.25) is 0 Å². The first-order valence-electron chi connectivity index (χ1n) is 7.42. The maximum absolute atomic E-state index is 9.77. The molecular weight excluding hydrogens is 266 g/mol. The van der Waals surface area contributed by atoms with Gasteiger partial charge in [-0.2, -0.15) is 0 Å². The van der Waals surface area contributed by atoms with Gasteiger partial charge in [0.05, 0.1) is 18.6 Å². The number of benzene rings is 1. The van der Waals surface area contributed by atoms with E-state index in [0.29, 0.717) is 12.4 Å². The van der Waals surface area contributed by atoms with Crippen LogP contribution in [0, 0.1) is 0 Å². The van der Waals surface area contributed by atoms with E-state index in [-0.39, 0.29) is 5.75 Å². The second-order valence-electron chi connectivity index (χ2n) is 5.38. The number of fused-ring (bicyclic) bond motifs is 1. The van der Waals surface area contributed by atoms with Crippen LogP contribution in [0.5, 0.6) is 11.5 Å². The fourth-order valence-corrected chi connectivity index (χ4v) is 2.78. The lowest BCUT2D eigenvalue weighted by Gasteiger charge is -2.20. The maximum atomic E-state index is 9.77. The van der Waals surface area contributed by atoms with Gasteiger partial charge in [-0.05, 0) is 31.0 Å². The van der Waals surface area contributed by atoms with Crippen LogP contribution in [-0.4, -0.2) is 32.7 Å². The first-order chi connectivity index (χ1) is 10.3. The highest BCUT2D eigenvalue weighted by atomic mass is 16.5. The number of phenolic OH excluding ortho intramolecular Hbond substituents is 1. The van der Waals surface area contributed by atoms with Crippen molar-refractivity contribution in [2.45, 2.75) is 33.0 Å². The lowest BCUT2D eigenvalue weighted by atomic mass is 10.2. The summed E-state index contributed by atoms with van der Waals surface area (Å²) in [5.74, 6) is 0.768. The van der Waals surface area contributed by atoms with Crippen LogP contribution in [0.15, 0.2) is 30.7 Å². The van der Waals surface area contributed by atoms with Gasteiger partial charge in [0.1, 0.15) is 0 Å². The zero-order valence-electron chi connectivity index (χ0n) is 12.3. The molecule has 0 fully saturated rings. The topological polar surface area (TPSA) is 50.5 Å². The number of phenols is 1. The quantitative estimate of drug-likeness (QED) is 0.938. The molecule has 0 unspecified atom stereocenters. The molecule has 2 aromatic rings. The highest BCUT2D eigenvalue weighted by Crippen LogP contribution is 2.27. The summed E-state index contributed by atoms with van der Waals surface area (Å²) in [6, 6.07) is 5.60. The second kappa shape index (κ2) is 6.18. The number of nitrogens with zero attached hydrogens (tertiary/aromatic N) is 3. The Balaban J connectivity index is 1.73. The van der Waals surface area contributed by atoms with Crippen LogP contribution in [0.2, 0.25) is 0 Å². The zero-order chi connectivity index (χ0) is 14.7. The highest BCUT2D eigenvalue weighted by molar-refractivity contribution is 5.41. The lowest BCUT2D eigenvalue weighted by molar-refractivity contribution is 0.259. The normalized spacial score (nSPS) is 15.5. The standard InChI is InChI=1S/C16H21N3O2/c1-2-21-16-8-13(4-5-15(16)20)10-18-6-3-7-19-12-17-9-14(19)11-18/h4-5,8-9,12,20H,2-3,6-7,10-11H2,1H3. The summed E-state index contributed by atoms with van der Waals surface area (Å²) in [4.78, 5) is 6.63. The van der Waals surface area contributed by atoms with Gasteiger partial charge in [0.25, 0.3) is 0 Å². The largest absolute Gasteiger partial charge is 0.504 e. The molecular formula is C16H21N3O2. The summed E-state index contributed by atoms with van der Waals surface area (Å²) in [7, 11) is 0. The second-order valence-corrected chi connectivity index (χ2v) is 5.38. The average molecular weight is 287 g/mol. The van der Waals surface area contributed by atoms with Gasteiger partial charge in [-0.3, -0.25) is 4.90 Å². The minimum absolute atomic E-state index is 0.203. The van der Waals surface area contributed by atoms with Crippen LogP contribution in [0.25, 0.3) is 0 Å². The van der Waals surface area contributed by atoms with Crippen LogP contribution >= 0.6 is 0 Å². The average Bonchev–Trinajstić information content (AvgIpc) is 2.82. The summed E-state index contributed by atoms with van der Waals surface area (Å²) in [6.45, 7) is 6.33. The summed E-state index contributed by atoms with van der Waals surface area (Å²) < 4.78 is 7.68. The Bertz CT molecular complexity index is 609. The first kappa shape index (κ1) is 13.9. The lowest BCUT2D eigenvalue weighted by Crippen LogP contribution is -2.22. The summed E-state index contributed by atoms with van der Waals surface area (Å²) in [5.41, 5.74) is 2.42. The van der Waals surface area contributed by atoms with Crippen molar-refractivity contribution in [1.82, 2.24) is 14.5 Å². The van der Waals surface area contributed by atoms with Crippen LogP contribution in [-0.2, 0) is 19.6 Å². The molecule has 0 saturated heterocycles. The van der Waals surface area contributed by atoms with Crippen molar-refractivity contribution >= 4 is 0 Å². The fourth-order valence-electron chi connectivity index (χ4n) is 2.78. The molecule has 0 spiro atoms. The Kier molecular flexibility index (Phi) is 4.10. The van der Waals surface area contributed by atoms with E-state index in [9.17, 15) is 5.11 Å². The summed E-state index contributed by atoms with van der Waals surface area (Å²) >= 11 is 0. The molecule has 1 aliphatic rings. The van der Waals surface area contributed by atoms with E-state index in [1.807, 2.05) is 31.6 Å². The SMILES string of the molecule is CCOc1cc(CN2CCCn3cncc3C2)ccc1O. The Morgan fingerprint density at radius 1 is 1.33 bits per heavy atom. The van der Waals surface area contributed by atoms with E-state index in [0.717, 1.165) is 38.2 Å². The molecule has 0 saturated carbocycles. The van der Waals surface area contributed by atoms with Crippen molar-refractivity contribution < 1.29 is 9.84 Å². The van der Waals surface area contributed by atoms with Crippen LogP contribution in [0.1, 0.15) is 24.6 Å². The molecule has 1 aromatic heterocycles. The highest BCUT2D eigenvalue weighted by Gasteiger charge is 2.15. The van der Waals surface area contributed by atoms with Gasteiger partial charge in [0, 0.05) is 32.4 Å². The fraction of sp³-hybridized carbons (Fsp3) is 0.438. The predicted molar refractivity (Wildman–Crippen MR) is 80.2 cm³/mol. The number of hydrogen-bond acceptors (Lipinski definition) is 4. The molecule has 1 aromatic carbocycles. The maximum Gasteiger partial charge on any atom is 0.161 e. The molecule has 0 radical (unpaired) electrons. The van der Waals surface area contributed by atoms with E-state index in [4.69, 9.17) is 4.74 Å². The van der Waals surface area contributed by atoms with Crippen molar-refractivity contribution in [3.05, 3.63) is 42.0 Å². The molecule has 1 aliphatic heterocycles. The number of aryl methyl sites for hydroxylation is 1. The number of aromatic hydroxyl groups is 1. The third-order valence-corrected chi connectivity index (χ3v) is 3.79. The zero-order valence-corrected chi connectivity index (χ0v) is 12.3. The molecule has 0 bridgehead atoms. The number of imidazole rings is 1. The van der Waals surface area contributed by atoms with Crippen LogP contribution < -0.4 is 4.74 Å². The summed E-state index contributed by atoms with van der Waals surface area (Å²) in [6.07, 6.45) is 4.98. The van der Waals surface area contributed by atoms with Crippen molar-refractivity contribution in [2.24, 2.45) is 0 Å². The van der Waals surface area contributed by atoms with Crippen LogP contribution in [0.3, 0.4) is 0 Å². The molecule has 5 heteroatoms. The molecule has 21 heavy (non-hydrogen) atoms. The van der Waals surface area contributed by atoms with E-state index >= 15 is 0 Å². The van der Waals surface area contributed by atoms with E-state index in [1.165, 1.54) is 5.69 Å². The smallest absolute Gasteiger partial charge is 0.161 e. The third kappa shape index (κ3) is 3.19. The number of rotatable bonds is 4. The van der Waals surface area contributed by atoms with Gasteiger partial charge >= 0.3 is 0 Å². The number of aromatic nitrogens is 2. The molecule has 0 aliphatic carbocycles. The minimum atomic E-state index is 0.203. The molecule has 3 rings (SSSR count). The molecule has 5 nitrogen and oxygen atoms in total. The van der Waals surface area contributed by atoms with Crippen molar-refractivity contribution in [1.29, 1.82) is 0 Å². The van der Waals surface area contributed by atoms with Gasteiger partial charge in [-0.1, -0.05) is 6.07 Å². The molecule has 1 N–H and O–H groups in total. The Morgan fingerprint density at radius 2 is 2.24 bits per heavy atom. The van der Waals surface area contributed by atoms with Gasteiger partial charge in [-0.25, -0.2) is 4.98 Å². The monoisotopic (exact) mass is 287 g/mol. The van der Waals surface area contributed by atoms with Gasteiger partial charge in [0.15, 0.2) is 11.5 Å². The van der Waals surface area contributed by atoms with Crippen molar-refractivity contribution in [2.75, 3.05) is 13.2 Å². The van der Waals surface area contributed by atoms with Crippen molar-refractivity contribution in [3.8, 4) is 11.5 Å².